The molecular weight excluding hydrogens is 469 g/mol. The molecule has 1 N–H and O–H groups in total. The fourth-order valence-corrected chi connectivity index (χ4v) is 7.34. The van der Waals surface area contributed by atoms with Gasteiger partial charge >= 0.3 is 0 Å². The van der Waals surface area contributed by atoms with Crippen LogP contribution in [0.2, 0.25) is 0 Å². The summed E-state index contributed by atoms with van der Waals surface area (Å²) in [6.45, 7) is 0. The number of benzene rings is 3. The molecule has 9 heteroatoms. The Kier molecular flexibility index (Phi) is 5.01. The lowest BCUT2D eigenvalue weighted by Crippen LogP contribution is -2.52. The number of fused-ring (bicyclic) bond motifs is 4. The Morgan fingerprint density at radius 3 is 2.51 bits per heavy atom. The van der Waals surface area contributed by atoms with Gasteiger partial charge in [0.05, 0.1) is 10.8 Å². The van der Waals surface area contributed by atoms with Crippen LogP contribution in [0, 0.1) is 21.8 Å². The van der Waals surface area contributed by atoms with Crippen LogP contribution in [0.5, 0.6) is 0 Å². The first kappa shape index (κ1) is 21.9. The first-order valence-corrected chi connectivity index (χ1v) is 12.4. The molecular formula is C26H20FN3O4S. The van der Waals surface area contributed by atoms with Gasteiger partial charge in [0.2, 0.25) is 5.91 Å². The number of nitro groups is 1. The molecule has 0 saturated carbocycles. The molecule has 35 heavy (non-hydrogen) atoms. The fourth-order valence-electron chi connectivity index (χ4n) is 6.02. The fraction of sp³-hybridized carbons (Fsp3) is 0.231. The highest BCUT2D eigenvalue weighted by atomic mass is 32.2. The van der Waals surface area contributed by atoms with Gasteiger partial charge in [-0.2, -0.15) is 0 Å². The number of halogens is 1. The maximum Gasteiger partial charge on any atom is 0.269 e. The van der Waals surface area contributed by atoms with E-state index in [4.69, 9.17) is 0 Å². The van der Waals surface area contributed by atoms with Crippen molar-refractivity contribution in [1.82, 2.24) is 4.90 Å². The first-order valence-electron chi connectivity index (χ1n) is 11.2. The predicted octanol–water partition coefficient (Wildman–Crippen LogP) is 4.55. The zero-order valence-corrected chi connectivity index (χ0v) is 19.2. The van der Waals surface area contributed by atoms with Crippen LogP contribution in [0.1, 0.15) is 27.4 Å². The van der Waals surface area contributed by atoms with Crippen molar-refractivity contribution >= 4 is 34.8 Å². The summed E-state index contributed by atoms with van der Waals surface area (Å²) in [5.74, 6) is -0.856. The normalized spacial score (nSPS) is 27.0. The lowest BCUT2D eigenvalue weighted by molar-refractivity contribution is -0.384. The van der Waals surface area contributed by atoms with Gasteiger partial charge in [0.1, 0.15) is 11.4 Å². The van der Waals surface area contributed by atoms with Crippen LogP contribution < -0.4 is 5.32 Å². The monoisotopic (exact) mass is 489 g/mol. The van der Waals surface area contributed by atoms with Crippen molar-refractivity contribution in [1.29, 1.82) is 0 Å². The number of nitrogens with one attached hydrogen (secondary N) is 1. The van der Waals surface area contributed by atoms with E-state index in [1.807, 2.05) is 24.3 Å². The Bertz CT molecular complexity index is 1360. The Labute approximate surface area is 204 Å². The van der Waals surface area contributed by atoms with Gasteiger partial charge in [0.15, 0.2) is 5.78 Å². The molecule has 0 bridgehead atoms. The molecule has 6 rings (SSSR count). The van der Waals surface area contributed by atoms with E-state index in [1.165, 1.54) is 36.4 Å². The second-order valence-corrected chi connectivity index (χ2v) is 10.0. The van der Waals surface area contributed by atoms with E-state index in [-0.39, 0.29) is 29.3 Å². The van der Waals surface area contributed by atoms with Crippen LogP contribution >= 0.6 is 11.8 Å². The molecule has 0 aromatic heterocycles. The van der Waals surface area contributed by atoms with Crippen LogP contribution in [0.3, 0.4) is 0 Å². The molecule has 1 amide bonds. The number of ketones is 1. The zero-order chi connectivity index (χ0) is 24.3. The minimum Gasteiger partial charge on any atom is -0.324 e. The Morgan fingerprint density at radius 2 is 1.80 bits per heavy atom. The molecule has 3 heterocycles. The van der Waals surface area contributed by atoms with Crippen molar-refractivity contribution < 1.29 is 18.9 Å². The summed E-state index contributed by atoms with van der Waals surface area (Å²) < 4.78 is 13.7. The summed E-state index contributed by atoms with van der Waals surface area (Å²) in [4.78, 5) is 41.0. The van der Waals surface area contributed by atoms with Crippen LogP contribution in [0.15, 0.2) is 72.8 Å². The van der Waals surface area contributed by atoms with Crippen LogP contribution in [0.4, 0.5) is 15.8 Å². The lowest BCUT2D eigenvalue weighted by atomic mass is 9.69. The van der Waals surface area contributed by atoms with E-state index < -0.39 is 22.2 Å². The molecule has 3 aromatic rings. The van der Waals surface area contributed by atoms with Gasteiger partial charge in [-0.15, -0.1) is 11.8 Å². The van der Waals surface area contributed by atoms with E-state index in [2.05, 4.69) is 10.2 Å². The van der Waals surface area contributed by atoms with E-state index in [0.717, 1.165) is 11.1 Å². The second-order valence-electron chi connectivity index (χ2n) is 9.03. The van der Waals surface area contributed by atoms with Gasteiger partial charge in [-0.25, -0.2) is 4.39 Å². The third-order valence-corrected chi connectivity index (χ3v) is 8.47. The molecule has 0 radical (unpaired) electrons. The van der Waals surface area contributed by atoms with Crippen molar-refractivity contribution in [3.05, 3.63) is 105 Å². The number of Topliss-reactive ketones (excluding diaryl/α,β-unsaturated/α-hetero) is 1. The molecule has 2 saturated heterocycles. The molecule has 2 fully saturated rings. The smallest absolute Gasteiger partial charge is 0.269 e. The SMILES string of the molecule is O=C(c1ccc(F)cc1)[C@H]1[C@@H](c2ccc([N+](=O)[O-])cc2)[C@H]2CSCN2[C@@]12C(=O)Nc1ccccc12. The topological polar surface area (TPSA) is 92.5 Å². The molecule has 1 spiro atoms. The van der Waals surface area contributed by atoms with Crippen molar-refractivity contribution in [2.75, 3.05) is 16.9 Å². The van der Waals surface area contributed by atoms with Gasteiger partial charge in [0.25, 0.3) is 5.69 Å². The average molecular weight is 490 g/mol. The molecule has 176 valence electrons. The number of thioether (sulfide) groups is 1. The third-order valence-electron chi connectivity index (χ3n) is 7.43. The number of nitrogens with zero attached hydrogens (tertiary/aromatic N) is 2. The zero-order valence-electron chi connectivity index (χ0n) is 18.4. The highest BCUT2D eigenvalue weighted by Gasteiger charge is 2.69. The number of carbonyl (C=O) groups excluding carboxylic acids is 2. The van der Waals surface area contributed by atoms with Crippen molar-refractivity contribution in [3.63, 3.8) is 0 Å². The number of hydrogen-bond acceptors (Lipinski definition) is 6. The third kappa shape index (κ3) is 3.08. The summed E-state index contributed by atoms with van der Waals surface area (Å²) in [7, 11) is 0. The van der Waals surface area contributed by atoms with E-state index in [1.54, 1.807) is 23.9 Å². The van der Waals surface area contributed by atoms with E-state index >= 15 is 0 Å². The van der Waals surface area contributed by atoms with Crippen LogP contribution in [-0.2, 0) is 10.3 Å². The van der Waals surface area contributed by atoms with Crippen molar-refractivity contribution in [3.8, 4) is 0 Å². The number of rotatable bonds is 4. The largest absolute Gasteiger partial charge is 0.324 e. The lowest BCUT2D eigenvalue weighted by Gasteiger charge is -2.36. The van der Waals surface area contributed by atoms with E-state index in [0.29, 0.717) is 22.9 Å². The molecule has 7 nitrogen and oxygen atoms in total. The molecule has 3 aliphatic heterocycles. The Hall–Kier alpha value is -3.56. The number of carbonyl (C=O) groups is 2. The molecule has 3 aromatic carbocycles. The minimum absolute atomic E-state index is 0.0375. The van der Waals surface area contributed by atoms with Crippen LogP contribution in [-0.4, -0.2) is 39.2 Å². The Balaban J connectivity index is 1.58. The standard InChI is InChI=1S/C26H20FN3O4S/c27-17-9-5-16(6-10-17)24(31)23-22(15-7-11-18(12-8-15)30(33)34)21-13-35-14-29(21)26(23)19-3-1-2-4-20(19)28-25(26)32/h1-12,21-23H,13-14H2,(H,28,32)/t21-,22+,23-,26-/m1/s1. The summed E-state index contributed by atoms with van der Waals surface area (Å²) in [5, 5.41) is 14.2. The molecule has 3 aliphatic rings. The number of non-ortho nitro benzene ring substituents is 1. The summed E-state index contributed by atoms with van der Waals surface area (Å²) >= 11 is 1.70. The number of hydrogen-bond donors (Lipinski definition) is 1. The predicted molar refractivity (Wildman–Crippen MR) is 130 cm³/mol. The van der Waals surface area contributed by atoms with Gasteiger partial charge < -0.3 is 5.32 Å². The summed E-state index contributed by atoms with van der Waals surface area (Å²) in [5.41, 5.74) is 1.25. The first-order chi connectivity index (χ1) is 16.9. The molecule has 0 unspecified atom stereocenters. The highest BCUT2D eigenvalue weighted by molar-refractivity contribution is 7.99. The molecule has 4 atom stereocenters. The summed E-state index contributed by atoms with van der Waals surface area (Å²) in [6.07, 6.45) is 0. The number of amides is 1. The van der Waals surface area contributed by atoms with Crippen LogP contribution in [0.25, 0.3) is 0 Å². The summed E-state index contributed by atoms with van der Waals surface area (Å²) in [6, 6.07) is 18.9. The number of nitro benzene ring substituents is 1. The average Bonchev–Trinajstić information content (AvgIpc) is 3.52. The van der Waals surface area contributed by atoms with E-state index in [9.17, 15) is 24.1 Å². The maximum absolute atomic E-state index is 14.2. The van der Waals surface area contributed by atoms with Gasteiger partial charge in [-0.1, -0.05) is 30.3 Å². The quantitative estimate of drug-likeness (QED) is 0.328. The second kappa shape index (κ2) is 8.00. The number of para-hydroxylation sites is 1. The van der Waals surface area contributed by atoms with Gasteiger partial charge in [-0.05, 0) is 35.9 Å². The van der Waals surface area contributed by atoms with Crippen molar-refractivity contribution in [2.24, 2.45) is 5.92 Å². The minimum atomic E-state index is -1.23. The highest BCUT2D eigenvalue weighted by Crippen LogP contribution is 2.61. The van der Waals surface area contributed by atoms with Gasteiger partial charge in [0, 0.05) is 52.5 Å². The maximum atomic E-state index is 14.2. The van der Waals surface area contributed by atoms with Crippen molar-refractivity contribution in [2.45, 2.75) is 17.5 Å². The Morgan fingerprint density at radius 1 is 1.09 bits per heavy atom. The molecule has 0 aliphatic carbocycles. The number of anilines is 1. The van der Waals surface area contributed by atoms with Gasteiger partial charge in [-0.3, -0.25) is 24.6 Å².